The van der Waals surface area contributed by atoms with Crippen molar-refractivity contribution < 1.29 is 9.53 Å². The lowest BCUT2D eigenvalue weighted by atomic mass is 10.0. The van der Waals surface area contributed by atoms with Gasteiger partial charge in [-0.05, 0) is 48.7 Å². The van der Waals surface area contributed by atoms with E-state index in [0.29, 0.717) is 0 Å². The molecule has 1 amide bonds. The van der Waals surface area contributed by atoms with Crippen molar-refractivity contribution in [2.24, 2.45) is 0 Å². The Bertz CT molecular complexity index is 1060. The average Bonchev–Trinajstić information content (AvgIpc) is 2.83. The zero-order valence-corrected chi connectivity index (χ0v) is 19.0. The molecule has 0 aromatic heterocycles. The highest BCUT2D eigenvalue weighted by Crippen LogP contribution is 2.31. The van der Waals surface area contributed by atoms with Gasteiger partial charge < -0.3 is 15.0 Å². The maximum atomic E-state index is 13.5. The second-order valence-corrected chi connectivity index (χ2v) is 8.32. The number of methoxy groups -OCH3 is 1. The first-order valence-electron chi connectivity index (χ1n) is 11.1. The van der Waals surface area contributed by atoms with Gasteiger partial charge in [0.1, 0.15) is 11.8 Å². The Hall–Kier alpha value is -3.31. The maximum Gasteiger partial charge on any atom is 0.246 e. The zero-order chi connectivity index (χ0) is 22.5. The van der Waals surface area contributed by atoms with E-state index in [9.17, 15) is 4.79 Å². The van der Waals surface area contributed by atoms with Crippen LogP contribution in [0, 0.1) is 13.8 Å². The third-order valence-electron chi connectivity index (χ3n) is 6.12. The van der Waals surface area contributed by atoms with Crippen LogP contribution in [0.15, 0.2) is 72.8 Å². The Morgan fingerprint density at radius 1 is 0.906 bits per heavy atom. The molecule has 0 aliphatic carbocycles. The van der Waals surface area contributed by atoms with Crippen LogP contribution in [0.2, 0.25) is 0 Å². The van der Waals surface area contributed by atoms with Crippen molar-refractivity contribution >= 4 is 17.3 Å². The second kappa shape index (κ2) is 9.88. The van der Waals surface area contributed by atoms with Gasteiger partial charge in [0.25, 0.3) is 0 Å². The van der Waals surface area contributed by atoms with Crippen molar-refractivity contribution in [3.05, 3.63) is 89.5 Å². The van der Waals surface area contributed by atoms with Crippen LogP contribution in [0.1, 0.15) is 22.7 Å². The van der Waals surface area contributed by atoms with Crippen molar-refractivity contribution in [2.75, 3.05) is 43.5 Å². The summed E-state index contributed by atoms with van der Waals surface area (Å²) in [5.74, 6) is 0.892. The molecule has 1 N–H and O–H groups in total. The van der Waals surface area contributed by atoms with E-state index in [1.807, 2.05) is 68.4 Å². The summed E-state index contributed by atoms with van der Waals surface area (Å²) in [4.78, 5) is 18.2. The average molecular weight is 430 g/mol. The molecule has 1 unspecified atom stereocenters. The summed E-state index contributed by atoms with van der Waals surface area (Å²) in [5.41, 5.74) is 5.19. The van der Waals surface area contributed by atoms with Crippen molar-refractivity contribution in [3.8, 4) is 5.75 Å². The molecule has 5 heteroatoms. The number of hydrogen-bond acceptors (Lipinski definition) is 4. The minimum atomic E-state index is -0.337. The van der Waals surface area contributed by atoms with Crippen LogP contribution < -0.4 is 15.0 Å². The Labute approximate surface area is 190 Å². The number of carbonyl (C=O) groups is 1. The van der Waals surface area contributed by atoms with Gasteiger partial charge in [0.05, 0.1) is 12.8 Å². The number of nitrogens with one attached hydrogen (secondary N) is 1. The van der Waals surface area contributed by atoms with Gasteiger partial charge in [0.15, 0.2) is 0 Å². The third kappa shape index (κ3) is 4.78. The van der Waals surface area contributed by atoms with E-state index in [-0.39, 0.29) is 11.9 Å². The molecule has 1 atom stereocenters. The predicted octanol–water partition coefficient (Wildman–Crippen LogP) is 4.81. The summed E-state index contributed by atoms with van der Waals surface area (Å²) in [7, 11) is 1.71. The van der Waals surface area contributed by atoms with E-state index in [4.69, 9.17) is 4.74 Å². The Balaban J connectivity index is 1.54. The van der Waals surface area contributed by atoms with Crippen molar-refractivity contribution in [1.82, 2.24) is 4.90 Å². The first-order chi connectivity index (χ1) is 15.6. The maximum absolute atomic E-state index is 13.5. The summed E-state index contributed by atoms with van der Waals surface area (Å²) in [6.07, 6.45) is 0. The van der Waals surface area contributed by atoms with Gasteiger partial charge in [-0.15, -0.1) is 0 Å². The molecule has 32 heavy (non-hydrogen) atoms. The first kappa shape index (κ1) is 21.9. The molecule has 5 nitrogen and oxygen atoms in total. The minimum absolute atomic E-state index is 0.00985. The molecule has 1 aliphatic rings. The molecule has 0 radical (unpaired) electrons. The van der Waals surface area contributed by atoms with Crippen molar-refractivity contribution in [1.29, 1.82) is 0 Å². The first-order valence-corrected chi connectivity index (χ1v) is 11.1. The molecule has 0 bridgehead atoms. The number of nitrogens with zero attached hydrogens (tertiary/aromatic N) is 2. The lowest BCUT2D eigenvalue weighted by molar-refractivity contribution is -0.121. The summed E-state index contributed by atoms with van der Waals surface area (Å²) in [6.45, 7) is 7.32. The number of ether oxygens (including phenoxy) is 1. The quantitative estimate of drug-likeness (QED) is 0.611. The van der Waals surface area contributed by atoms with Crippen molar-refractivity contribution in [2.45, 2.75) is 19.9 Å². The van der Waals surface area contributed by atoms with Crippen LogP contribution in [0.4, 0.5) is 11.4 Å². The fourth-order valence-electron chi connectivity index (χ4n) is 4.35. The molecule has 1 fully saturated rings. The number of aryl methyl sites for hydroxylation is 2. The zero-order valence-electron chi connectivity index (χ0n) is 19.0. The van der Waals surface area contributed by atoms with E-state index in [1.54, 1.807) is 7.11 Å². The number of anilines is 2. The van der Waals surface area contributed by atoms with Gasteiger partial charge in [-0.25, -0.2) is 0 Å². The van der Waals surface area contributed by atoms with Crippen LogP contribution >= 0.6 is 0 Å². The van der Waals surface area contributed by atoms with Gasteiger partial charge in [-0.3, -0.25) is 9.69 Å². The second-order valence-electron chi connectivity index (χ2n) is 8.32. The lowest BCUT2D eigenvalue weighted by Gasteiger charge is -2.40. The number of carbonyl (C=O) groups excluding carboxylic acids is 1. The van der Waals surface area contributed by atoms with Gasteiger partial charge in [0, 0.05) is 31.9 Å². The molecular weight excluding hydrogens is 398 g/mol. The monoisotopic (exact) mass is 429 g/mol. The van der Waals surface area contributed by atoms with Crippen LogP contribution in [-0.2, 0) is 4.79 Å². The summed E-state index contributed by atoms with van der Waals surface area (Å²) >= 11 is 0. The van der Waals surface area contributed by atoms with E-state index in [1.165, 1.54) is 0 Å². The standard InChI is InChI=1S/C27H31N3O2/c1-20-13-14-21(2)23(19-20)28-27(31)26(22-9-5-4-6-10-22)30-17-15-29(16-18-30)24-11-7-8-12-25(24)32-3/h4-14,19,26H,15-18H2,1-3H3,(H,28,31). The molecule has 0 saturated carbocycles. The number of benzene rings is 3. The number of piperazine rings is 1. The predicted molar refractivity (Wildman–Crippen MR) is 131 cm³/mol. The lowest BCUT2D eigenvalue weighted by Crippen LogP contribution is -2.50. The molecule has 1 heterocycles. The number of amides is 1. The van der Waals surface area contributed by atoms with Gasteiger partial charge in [0.2, 0.25) is 5.91 Å². The van der Waals surface area contributed by atoms with E-state index >= 15 is 0 Å². The number of rotatable bonds is 6. The van der Waals surface area contributed by atoms with Crippen LogP contribution in [0.25, 0.3) is 0 Å². The van der Waals surface area contributed by atoms with Gasteiger partial charge in [-0.1, -0.05) is 54.6 Å². The molecule has 1 aliphatic heterocycles. The van der Waals surface area contributed by atoms with E-state index in [2.05, 4.69) is 33.3 Å². The van der Waals surface area contributed by atoms with Crippen LogP contribution in [-0.4, -0.2) is 44.1 Å². The third-order valence-corrected chi connectivity index (χ3v) is 6.12. The number of hydrogen-bond donors (Lipinski definition) is 1. The number of para-hydroxylation sites is 2. The van der Waals surface area contributed by atoms with Crippen LogP contribution in [0.5, 0.6) is 5.75 Å². The molecule has 4 rings (SSSR count). The highest BCUT2D eigenvalue weighted by atomic mass is 16.5. The molecule has 166 valence electrons. The fourth-order valence-corrected chi connectivity index (χ4v) is 4.35. The summed E-state index contributed by atoms with van der Waals surface area (Å²) in [6, 6.07) is 24.0. The van der Waals surface area contributed by atoms with Crippen molar-refractivity contribution in [3.63, 3.8) is 0 Å². The normalized spacial score (nSPS) is 15.3. The summed E-state index contributed by atoms with van der Waals surface area (Å²) < 4.78 is 5.55. The molecule has 3 aromatic rings. The largest absolute Gasteiger partial charge is 0.495 e. The van der Waals surface area contributed by atoms with Gasteiger partial charge in [-0.2, -0.15) is 0 Å². The van der Waals surface area contributed by atoms with E-state index < -0.39 is 0 Å². The SMILES string of the molecule is COc1ccccc1N1CCN(C(C(=O)Nc2cc(C)ccc2C)c2ccccc2)CC1. The fraction of sp³-hybridized carbons (Fsp3) is 0.296. The highest BCUT2D eigenvalue weighted by molar-refractivity contribution is 5.96. The molecule has 0 spiro atoms. The molecular formula is C27H31N3O2. The van der Waals surface area contributed by atoms with Crippen LogP contribution in [0.3, 0.4) is 0 Å². The summed E-state index contributed by atoms with van der Waals surface area (Å²) in [5, 5.41) is 3.19. The topological polar surface area (TPSA) is 44.8 Å². The smallest absolute Gasteiger partial charge is 0.246 e. The molecule has 1 saturated heterocycles. The van der Waals surface area contributed by atoms with Gasteiger partial charge >= 0.3 is 0 Å². The Kier molecular flexibility index (Phi) is 6.76. The van der Waals surface area contributed by atoms with E-state index in [0.717, 1.165) is 60.0 Å². The highest BCUT2D eigenvalue weighted by Gasteiger charge is 2.31. The molecule has 3 aromatic carbocycles. The Morgan fingerprint density at radius 2 is 1.59 bits per heavy atom. The minimum Gasteiger partial charge on any atom is -0.495 e. The Morgan fingerprint density at radius 3 is 2.31 bits per heavy atom.